The van der Waals surface area contributed by atoms with Gasteiger partial charge in [0.1, 0.15) is 0 Å². The number of hydrogen-bond acceptors (Lipinski definition) is 2. The van der Waals surface area contributed by atoms with Gasteiger partial charge in [0.25, 0.3) is 0 Å². The van der Waals surface area contributed by atoms with Crippen LogP contribution >= 0.6 is 0 Å². The maximum Gasteiger partial charge on any atom is 0.179 e. The van der Waals surface area contributed by atoms with Gasteiger partial charge in [-0.05, 0) is 31.7 Å². The highest BCUT2D eigenvalue weighted by atomic mass is 16.1. The lowest BCUT2D eigenvalue weighted by Crippen LogP contribution is -2.47. The van der Waals surface area contributed by atoms with Gasteiger partial charge in [0, 0.05) is 12.1 Å². The molecule has 1 aromatic rings. The topological polar surface area (TPSA) is 20.3 Å². The Balaban J connectivity index is 2.07. The first-order chi connectivity index (χ1) is 8.49. The fourth-order valence-electron chi connectivity index (χ4n) is 2.81. The smallest absolute Gasteiger partial charge is 0.179 e. The second kappa shape index (κ2) is 5.23. The second-order valence-corrected chi connectivity index (χ2v) is 6.14. The third-order valence-corrected chi connectivity index (χ3v) is 3.92. The summed E-state index contributed by atoms with van der Waals surface area (Å²) in [6.45, 7) is 8.68. The van der Waals surface area contributed by atoms with Crippen LogP contribution in [0.2, 0.25) is 0 Å². The fourth-order valence-corrected chi connectivity index (χ4v) is 2.81. The zero-order valence-electron chi connectivity index (χ0n) is 11.6. The fraction of sp³-hybridized carbons (Fsp3) is 0.562. The molecular formula is C16H23NO. The number of piperidine rings is 1. The van der Waals surface area contributed by atoms with Crippen molar-refractivity contribution in [3.63, 3.8) is 0 Å². The third kappa shape index (κ3) is 2.99. The molecule has 0 spiro atoms. The molecular weight excluding hydrogens is 222 g/mol. The summed E-state index contributed by atoms with van der Waals surface area (Å²) in [6, 6.07) is 9.62. The van der Waals surface area contributed by atoms with Crippen LogP contribution in [-0.2, 0) is 0 Å². The van der Waals surface area contributed by atoms with Crippen LogP contribution in [0.25, 0.3) is 0 Å². The zero-order chi connectivity index (χ0) is 13.2. The first-order valence-electron chi connectivity index (χ1n) is 6.83. The van der Waals surface area contributed by atoms with Crippen LogP contribution in [0.3, 0.4) is 0 Å². The molecule has 0 aromatic heterocycles. The van der Waals surface area contributed by atoms with E-state index in [1.165, 1.54) is 12.8 Å². The molecule has 1 unspecified atom stereocenters. The van der Waals surface area contributed by atoms with Crippen LogP contribution in [0.1, 0.15) is 44.0 Å². The summed E-state index contributed by atoms with van der Waals surface area (Å²) in [5, 5.41) is 0. The van der Waals surface area contributed by atoms with E-state index in [9.17, 15) is 4.79 Å². The van der Waals surface area contributed by atoms with Gasteiger partial charge in [-0.2, -0.15) is 0 Å². The van der Waals surface area contributed by atoms with E-state index in [4.69, 9.17) is 0 Å². The molecule has 1 atom stereocenters. The van der Waals surface area contributed by atoms with Gasteiger partial charge >= 0.3 is 0 Å². The Hall–Kier alpha value is -1.15. The van der Waals surface area contributed by atoms with E-state index in [1.807, 2.05) is 37.3 Å². The van der Waals surface area contributed by atoms with Crippen molar-refractivity contribution < 1.29 is 4.79 Å². The summed E-state index contributed by atoms with van der Waals surface area (Å²) in [6.07, 6.45) is 2.45. The second-order valence-electron chi connectivity index (χ2n) is 6.14. The van der Waals surface area contributed by atoms with Gasteiger partial charge in [0.2, 0.25) is 0 Å². The molecule has 1 aromatic carbocycles. The molecule has 1 fully saturated rings. The van der Waals surface area contributed by atoms with Gasteiger partial charge in [-0.1, -0.05) is 44.2 Å². The summed E-state index contributed by atoms with van der Waals surface area (Å²) in [7, 11) is 0. The summed E-state index contributed by atoms with van der Waals surface area (Å²) in [5.74, 6) is 0.244. The van der Waals surface area contributed by atoms with Gasteiger partial charge < -0.3 is 0 Å². The highest BCUT2D eigenvalue weighted by Crippen LogP contribution is 2.29. The molecule has 0 aliphatic carbocycles. The van der Waals surface area contributed by atoms with Crippen LogP contribution < -0.4 is 0 Å². The predicted molar refractivity (Wildman–Crippen MR) is 74.8 cm³/mol. The lowest BCUT2D eigenvalue weighted by Gasteiger charge is -2.40. The van der Waals surface area contributed by atoms with E-state index in [0.29, 0.717) is 5.41 Å². The van der Waals surface area contributed by atoms with Crippen LogP contribution in [0, 0.1) is 5.41 Å². The van der Waals surface area contributed by atoms with Gasteiger partial charge in [0.15, 0.2) is 5.78 Å². The van der Waals surface area contributed by atoms with Crippen molar-refractivity contribution in [1.29, 1.82) is 0 Å². The molecule has 2 nitrogen and oxygen atoms in total. The normalized spacial score (nSPS) is 21.5. The van der Waals surface area contributed by atoms with Gasteiger partial charge in [0.05, 0.1) is 6.04 Å². The molecule has 1 aliphatic heterocycles. The molecule has 0 bridgehead atoms. The maximum absolute atomic E-state index is 12.4. The lowest BCUT2D eigenvalue weighted by molar-refractivity contribution is 0.0626. The van der Waals surface area contributed by atoms with E-state index in [-0.39, 0.29) is 11.8 Å². The minimum atomic E-state index is -0.00743. The van der Waals surface area contributed by atoms with Gasteiger partial charge in [-0.3, -0.25) is 9.69 Å². The van der Waals surface area contributed by atoms with Crippen molar-refractivity contribution in [3.8, 4) is 0 Å². The van der Waals surface area contributed by atoms with E-state index in [0.717, 1.165) is 18.7 Å². The Morgan fingerprint density at radius 1 is 1.28 bits per heavy atom. The van der Waals surface area contributed by atoms with Gasteiger partial charge in [-0.25, -0.2) is 0 Å². The number of likely N-dealkylation sites (tertiary alicyclic amines) is 1. The highest BCUT2D eigenvalue weighted by molar-refractivity contribution is 5.99. The largest absolute Gasteiger partial charge is 0.293 e. The Labute approximate surface area is 110 Å². The first kappa shape index (κ1) is 13.3. The Bertz CT molecular complexity index is 410. The first-order valence-corrected chi connectivity index (χ1v) is 6.83. The molecule has 0 radical (unpaired) electrons. The Kier molecular flexibility index (Phi) is 3.86. The van der Waals surface area contributed by atoms with Crippen LogP contribution in [0.4, 0.5) is 0 Å². The molecule has 0 amide bonds. The number of Topliss-reactive ketones (excluding diaryl/α,β-unsaturated/α-hetero) is 1. The minimum Gasteiger partial charge on any atom is -0.293 e. The summed E-state index contributed by atoms with van der Waals surface area (Å²) < 4.78 is 0. The molecule has 1 heterocycles. The maximum atomic E-state index is 12.4. The molecule has 18 heavy (non-hydrogen) atoms. The number of ketones is 1. The Morgan fingerprint density at radius 3 is 2.56 bits per heavy atom. The van der Waals surface area contributed by atoms with Crippen molar-refractivity contribution in [3.05, 3.63) is 35.9 Å². The SMILES string of the molecule is CC(C(=O)c1ccccc1)N1CCCC(C)(C)C1. The monoisotopic (exact) mass is 245 g/mol. The van der Waals surface area contributed by atoms with Crippen molar-refractivity contribution in [2.24, 2.45) is 5.41 Å². The van der Waals surface area contributed by atoms with E-state index in [1.54, 1.807) is 0 Å². The van der Waals surface area contributed by atoms with Gasteiger partial charge in [-0.15, -0.1) is 0 Å². The average molecular weight is 245 g/mol. The quantitative estimate of drug-likeness (QED) is 0.761. The van der Waals surface area contributed by atoms with Crippen LogP contribution in [0.15, 0.2) is 30.3 Å². The molecule has 1 aliphatic rings. The molecule has 1 saturated heterocycles. The number of carbonyl (C=O) groups is 1. The summed E-state index contributed by atoms with van der Waals surface area (Å²) in [5.41, 5.74) is 1.16. The molecule has 0 N–H and O–H groups in total. The van der Waals surface area contributed by atoms with Crippen LogP contribution in [0.5, 0.6) is 0 Å². The van der Waals surface area contributed by atoms with Crippen LogP contribution in [-0.4, -0.2) is 29.8 Å². The van der Waals surface area contributed by atoms with E-state index >= 15 is 0 Å². The molecule has 2 heteroatoms. The third-order valence-electron chi connectivity index (χ3n) is 3.92. The van der Waals surface area contributed by atoms with Crippen molar-refractivity contribution in [2.45, 2.75) is 39.7 Å². The number of benzene rings is 1. The lowest BCUT2D eigenvalue weighted by atomic mass is 9.83. The average Bonchev–Trinajstić information content (AvgIpc) is 2.37. The summed E-state index contributed by atoms with van der Waals surface area (Å²) >= 11 is 0. The molecule has 0 saturated carbocycles. The number of rotatable bonds is 3. The van der Waals surface area contributed by atoms with E-state index in [2.05, 4.69) is 18.7 Å². The highest BCUT2D eigenvalue weighted by Gasteiger charge is 2.31. The Morgan fingerprint density at radius 2 is 1.94 bits per heavy atom. The number of carbonyl (C=O) groups excluding carboxylic acids is 1. The van der Waals surface area contributed by atoms with E-state index < -0.39 is 0 Å². The summed E-state index contributed by atoms with van der Waals surface area (Å²) in [4.78, 5) is 14.7. The van der Waals surface area contributed by atoms with Crippen molar-refractivity contribution >= 4 is 5.78 Å². The predicted octanol–water partition coefficient (Wildman–Crippen LogP) is 3.38. The minimum absolute atomic E-state index is 0.00743. The molecule has 2 rings (SSSR count). The standard InChI is InChI=1S/C16H23NO/c1-13(15(18)14-8-5-4-6-9-14)17-11-7-10-16(2,3)12-17/h4-6,8-9,13H,7,10-12H2,1-3H3. The van der Waals surface area contributed by atoms with Crippen molar-refractivity contribution in [1.82, 2.24) is 4.90 Å². The zero-order valence-corrected chi connectivity index (χ0v) is 11.6. The molecule has 98 valence electrons. The number of nitrogens with zero attached hydrogens (tertiary/aromatic N) is 1. The van der Waals surface area contributed by atoms with Crippen molar-refractivity contribution in [2.75, 3.05) is 13.1 Å². The number of hydrogen-bond donors (Lipinski definition) is 0.